The Kier molecular flexibility index (Phi) is 3.51. The van der Waals surface area contributed by atoms with E-state index in [1.165, 1.54) is 0 Å². The van der Waals surface area contributed by atoms with Gasteiger partial charge in [-0.05, 0) is 25.6 Å². The van der Waals surface area contributed by atoms with Crippen LogP contribution in [0.5, 0.6) is 0 Å². The summed E-state index contributed by atoms with van der Waals surface area (Å²) in [4.78, 5) is 4.33. The third-order valence-electron chi connectivity index (χ3n) is 1.88. The van der Waals surface area contributed by atoms with Crippen molar-refractivity contribution in [1.29, 1.82) is 0 Å². The minimum Gasteiger partial charge on any atom is -0.372 e. The Labute approximate surface area is 83.5 Å². The quantitative estimate of drug-likeness (QED) is 0.780. The van der Waals surface area contributed by atoms with E-state index in [2.05, 4.69) is 15.6 Å². The van der Waals surface area contributed by atoms with Crippen LogP contribution in [0.2, 0.25) is 5.02 Å². The second-order valence-electron chi connectivity index (χ2n) is 2.84. The van der Waals surface area contributed by atoms with Crippen LogP contribution in [0.25, 0.3) is 0 Å². The fourth-order valence-corrected chi connectivity index (χ4v) is 1.43. The van der Waals surface area contributed by atoms with E-state index in [-0.39, 0.29) is 0 Å². The normalized spacial score (nSPS) is 10.2. The lowest BCUT2D eigenvalue weighted by Gasteiger charge is -2.08. The summed E-state index contributed by atoms with van der Waals surface area (Å²) >= 11 is 5.98. The number of hydrogen-bond donors (Lipinski definition) is 2. The molecule has 0 aliphatic carbocycles. The molecule has 3 nitrogen and oxygen atoms in total. The van der Waals surface area contributed by atoms with Gasteiger partial charge >= 0.3 is 0 Å². The fraction of sp³-hybridized carbons (Fsp3) is 0.444. The van der Waals surface area contributed by atoms with Crippen molar-refractivity contribution in [3.05, 3.63) is 22.3 Å². The topological polar surface area (TPSA) is 37.0 Å². The van der Waals surface area contributed by atoms with E-state index in [9.17, 15) is 0 Å². The van der Waals surface area contributed by atoms with Gasteiger partial charge in [0, 0.05) is 19.3 Å². The van der Waals surface area contributed by atoms with Crippen LogP contribution >= 0.6 is 11.6 Å². The van der Waals surface area contributed by atoms with Crippen LogP contribution in [-0.4, -0.2) is 19.1 Å². The zero-order valence-electron chi connectivity index (χ0n) is 8.11. The Morgan fingerprint density at radius 3 is 2.69 bits per heavy atom. The number of aromatic nitrogens is 1. The van der Waals surface area contributed by atoms with Gasteiger partial charge in [0.15, 0.2) is 0 Å². The molecular formula is C9H14ClN3. The summed E-state index contributed by atoms with van der Waals surface area (Å²) in [5.74, 6) is 0.735. The molecule has 0 aliphatic heterocycles. The SMILES string of the molecule is CNCc1cc(Cl)c(NC)nc1C. The molecule has 0 saturated carbocycles. The zero-order chi connectivity index (χ0) is 9.84. The molecule has 2 N–H and O–H groups in total. The molecule has 1 aromatic rings. The molecule has 0 spiro atoms. The standard InChI is InChI=1S/C9H14ClN3/c1-6-7(5-11-2)4-8(10)9(12-3)13-6/h4,11H,5H2,1-3H3,(H,12,13). The van der Waals surface area contributed by atoms with Crippen molar-refractivity contribution < 1.29 is 0 Å². The highest BCUT2D eigenvalue weighted by atomic mass is 35.5. The molecule has 1 aromatic heterocycles. The first kappa shape index (κ1) is 10.3. The second-order valence-corrected chi connectivity index (χ2v) is 3.25. The monoisotopic (exact) mass is 199 g/mol. The van der Waals surface area contributed by atoms with E-state index in [1.807, 2.05) is 27.1 Å². The predicted molar refractivity (Wildman–Crippen MR) is 56.3 cm³/mol. The first-order valence-electron chi connectivity index (χ1n) is 4.17. The lowest BCUT2D eigenvalue weighted by Crippen LogP contribution is -2.08. The van der Waals surface area contributed by atoms with Crippen molar-refractivity contribution in [1.82, 2.24) is 10.3 Å². The molecule has 0 radical (unpaired) electrons. The summed E-state index contributed by atoms with van der Waals surface area (Å²) in [7, 11) is 3.71. The molecule has 0 aliphatic rings. The predicted octanol–water partition coefficient (Wildman–Crippen LogP) is 1.80. The number of aryl methyl sites for hydroxylation is 1. The number of nitrogens with zero attached hydrogens (tertiary/aromatic N) is 1. The highest BCUT2D eigenvalue weighted by molar-refractivity contribution is 6.32. The minimum atomic E-state index is 0.665. The summed E-state index contributed by atoms with van der Waals surface area (Å²) in [6, 6.07) is 1.94. The molecule has 0 bridgehead atoms. The van der Waals surface area contributed by atoms with Crippen molar-refractivity contribution >= 4 is 17.4 Å². The van der Waals surface area contributed by atoms with Gasteiger partial charge in [0.2, 0.25) is 0 Å². The molecule has 72 valence electrons. The summed E-state index contributed by atoms with van der Waals surface area (Å²) < 4.78 is 0. The van der Waals surface area contributed by atoms with Gasteiger partial charge in [-0.3, -0.25) is 0 Å². The van der Waals surface area contributed by atoms with Gasteiger partial charge in [-0.2, -0.15) is 0 Å². The summed E-state index contributed by atoms with van der Waals surface area (Å²) in [5, 5.41) is 6.68. The van der Waals surface area contributed by atoms with E-state index >= 15 is 0 Å². The van der Waals surface area contributed by atoms with Crippen molar-refractivity contribution in [2.24, 2.45) is 0 Å². The van der Waals surface area contributed by atoms with Crippen LogP contribution < -0.4 is 10.6 Å². The van der Waals surface area contributed by atoms with Gasteiger partial charge in [-0.25, -0.2) is 4.98 Å². The number of anilines is 1. The summed E-state index contributed by atoms with van der Waals surface area (Å²) in [6.45, 7) is 2.77. The van der Waals surface area contributed by atoms with Gasteiger partial charge in [0.25, 0.3) is 0 Å². The maximum Gasteiger partial charge on any atom is 0.144 e. The highest BCUT2D eigenvalue weighted by Gasteiger charge is 2.05. The van der Waals surface area contributed by atoms with Gasteiger partial charge in [-0.15, -0.1) is 0 Å². The molecule has 0 aromatic carbocycles. The smallest absolute Gasteiger partial charge is 0.144 e. The molecule has 1 heterocycles. The van der Waals surface area contributed by atoms with Gasteiger partial charge in [-0.1, -0.05) is 11.6 Å². The average Bonchev–Trinajstić information content (AvgIpc) is 2.11. The van der Waals surface area contributed by atoms with Crippen LogP contribution in [0, 0.1) is 6.92 Å². The Bertz CT molecular complexity index is 299. The van der Waals surface area contributed by atoms with E-state index in [1.54, 1.807) is 0 Å². The van der Waals surface area contributed by atoms with Crippen LogP contribution in [0.3, 0.4) is 0 Å². The van der Waals surface area contributed by atoms with E-state index < -0.39 is 0 Å². The van der Waals surface area contributed by atoms with Gasteiger partial charge in [0.05, 0.1) is 5.02 Å². The number of rotatable bonds is 3. The van der Waals surface area contributed by atoms with Gasteiger partial charge < -0.3 is 10.6 Å². The van der Waals surface area contributed by atoms with Crippen LogP contribution in [0.15, 0.2) is 6.07 Å². The van der Waals surface area contributed by atoms with E-state index in [0.717, 1.165) is 23.6 Å². The van der Waals surface area contributed by atoms with Crippen LogP contribution in [0.1, 0.15) is 11.3 Å². The maximum absolute atomic E-state index is 5.98. The number of nitrogens with one attached hydrogen (secondary N) is 2. The van der Waals surface area contributed by atoms with E-state index in [0.29, 0.717) is 5.02 Å². The number of hydrogen-bond acceptors (Lipinski definition) is 3. The van der Waals surface area contributed by atoms with Crippen molar-refractivity contribution in [3.63, 3.8) is 0 Å². The molecule has 0 atom stereocenters. The molecule has 0 saturated heterocycles. The Morgan fingerprint density at radius 2 is 2.15 bits per heavy atom. The molecular weight excluding hydrogens is 186 g/mol. The first-order chi connectivity index (χ1) is 6.19. The zero-order valence-corrected chi connectivity index (χ0v) is 8.87. The Morgan fingerprint density at radius 1 is 1.46 bits per heavy atom. The third-order valence-corrected chi connectivity index (χ3v) is 2.16. The van der Waals surface area contributed by atoms with Gasteiger partial charge in [0.1, 0.15) is 5.82 Å². The number of halogens is 1. The summed E-state index contributed by atoms with van der Waals surface area (Å²) in [5.41, 5.74) is 2.13. The largest absolute Gasteiger partial charge is 0.372 e. The maximum atomic E-state index is 5.98. The Balaban J connectivity index is 3.05. The summed E-state index contributed by atoms with van der Waals surface area (Å²) in [6.07, 6.45) is 0. The molecule has 13 heavy (non-hydrogen) atoms. The minimum absolute atomic E-state index is 0.665. The van der Waals surface area contributed by atoms with Crippen molar-refractivity contribution in [2.75, 3.05) is 19.4 Å². The van der Waals surface area contributed by atoms with Crippen molar-refractivity contribution in [3.8, 4) is 0 Å². The molecule has 0 unspecified atom stereocenters. The number of pyridine rings is 1. The molecule has 1 rings (SSSR count). The van der Waals surface area contributed by atoms with E-state index in [4.69, 9.17) is 11.6 Å². The fourth-order valence-electron chi connectivity index (χ4n) is 1.16. The lowest BCUT2D eigenvalue weighted by molar-refractivity contribution is 0.805. The molecule has 4 heteroatoms. The molecule has 0 amide bonds. The first-order valence-corrected chi connectivity index (χ1v) is 4.55. The lowest BCUT2D eigenvalue weighted by atomic mass is 10.2. The van der Waals surface area contributed by atoms with Crippen molar-refractivity contribution in [2.45, 2.75) is 13.5 Å². The Hall–Kier alpha value is -0.800. The van der Waals surface area contributed by atoms with Crippen LogP contribution in [0.4, 0.5) is 5.82 Å². The van der Waals surface area contributed by atoms with Crippen LogP contribution in [-0.2, 0) is 6.54 Å². The second kappa shape index (κ2) is 4.44. The molecule has 0 fully saturated rings. The average molecular weight is 200 g/mol. The third kappa shape index (κ3) is 2.32. The highest BCUT2D eigenvalue weighted by Crippen LogP contribution is 2.21.